The van der Waals surface area contributed by atoms with Crippen molar-refractivity contribution < 1.29 is 28.6 Å². The van der Waals surface area contributed by atoms with Crippen LogP contribution in [0.1, 0.15) is 58.4 Å². The average molecular weight is 421 g/mol. The van der Waals surface area contributed by atoms with Gasteiger partial charge in [0.2, 0.25) is 0 Å². The highest BCUT2D eigenvalue weighted by molar-refractivity contribution is 5.82. The molecule has 8 heteroatoms. The van der Waals surface area contributed by atoms with Crippen LogP contribution in [-0.4, -0.2) is 42.4 Å². The van der Waals surface area contributed by atoms with Crippen molar-refractivity contribution in [2.45, 2.75) is 77.2 Å². The molecule has 0 spiro atoms. The zero-order valence-electron chi connectivity index (χ0n) is 17.9. The fourth-order valence-corrected chi connectivity index (χ4v) is 3.03. The number of hydrogen-bond donors (Lipinski definition) is 2. The van der Waals surface area contributed by atoms with Crippen LogP contribution in [-0.2, 0) is 25.6 Å². The van der Waals surface area contributed by atoms with Gasteiger partial charge in [0.25, 0.3) is 0 Å². The Morgan fingerprint density at radius 2 is 1.70 bits per heavy atom. The summed E-state index contributed by atoms with van der Waals surface area (Å²) in [4.78, 5) is 36.8. The average Bonchev–Trinajstić information content (AvgIpc) is 2.69. The molecule has 30 heavy (non-hydrogen) atoms. The Morgan fingerprint density at radius 1 is 1.03 bits per heavy atom. The molecule has 0 bridgehead atoms. The summed E-state index contributed by atoms with van der Waals surface area (Å²) in [6, 6.07) is 8.11. The number of alkyl carbamates (subject to hydrolysis) is 2. The summed E-state index contributed by atoms with van der Waals surface area (Å²) in [5.41, 5.74) is 0.144. The van der Waals surface area contributed by atoms with Gasteiger partial charge in [-0.05, 0) is 52.0 Å². The topological polar surface area (TPSA) is 103 Å². The zero-order valence-corrected chi connectivity index (χ0v) is 17.9. The third-order valence-corrected chi connectivity index (χ3v) is 4.47. The second-order valence-electron chi connectivity index (χ2n) is 8.34. The number of carbonyl (C=O) groups excluding carboxylic acids is 3. The number of esters is 1. The van der Waals surface area contributed by atoms with Gasteiger partial charge in [-0.25, -0.2) is 14.4 Å². The summed E-state index contributed by atoms with van der Waals surface area (Å²) in [5.74, 6) is -0.602. The summed E-state index contributed by atoms with van der Waals surface area (Å²) in [6.45, 7) is 5.11. The quantitative estimate of drug-likeness (QED) is 0.515. The van der Waals surface area contributed by atoms with Gasteiger partial charge in [0.05, 0.1) is 6.54 Å². The van der Waals surface area contributed by atoms with Gasteiger partial charge in [0.15, 0.2) is 0 Å². The first kappa shape index (κ1) is 23.5. The van der Waals surface area contributed by atoms with Crippen molar-refractivity contribution in [1.29, 1.82) is 0 Å². The van der Waals surface area contributed by atoms with Gasteiger partial charge in [-0.15, -0.1) is 0 Å². The van der Waals surface area contributed by atoms with Gasteiger partial charge >= 0.3 is 18.2 Å². The van der Waals surface area contributed by atoms with E-state index < -0.39 is 29.8 Å². The largest absolute Gasteiger partial charge is 0.461 e. The monoisotopic (exact) mass is 420 g/mol. The standard InChI is InChI=1S/C22H32N2O6/c1-22(2,3)30-20(26)23-14-18(19(25)29-17-12-8-5-9-13-17)24-21(27)28-15-16-10-6-4-7-11-16/h4,6-7,10-11,17-18H,5,8-9,12-15H2,1-3H3,(H,23,26)(H,24,27)/t18-/m1/s1. The molecule has 0 aromatic heterocycles. The molecular formula is C22H32N2O6. The molecule has 1 aromatic carbocycles. The number of hydrogen-bond acceptors (Lipinski definition) is 6. The number of ether oxygens (including phenoxy) is 3. The lowest BCUT2D eigenvalue weighted by Gasteiger charge is -2.25. The first-order valence-corrected chi connectivity index (χ1v) is 10.4. The summed E-state index contributed by atoms with van der Waals surface area (Å²) in [6.07, 6.45) is 3.12. The van der Waals surface area contributed by atoms with E-state index in [9.17, 15) is 14.4 Å². The molecule has 1 saturated carbocycles. The van der Waals surface area contributed by atoms with E-state index in [-0.39, 0.29) is 19.3 Å². The second kappa shape index (κ2) is 11.4. The van der Waals surface area contributed by atoms with Crippen LogP contribution in [0, 0.1) is 0 Å². The molecule has 2 N–H and O–H groups in total. The van der Waals surface area contributed by atoms with Crippen LogP contribution < -0.4 is 10.6 Å². The number of nitrogens with one attached hydrogen (secondary N) is 2. The minimum Gasteiger partial charge on any atom is -0.461 e. The molecule has 0 unspecified atom stereocenters. The predicted octanol–water partition coefficient (Wildman–Crippen LogP) is 3.68. The molecule has 166 valence electrons. The van der Waals surface area contributed by atoms with Crippen molar-refractivity contribution in [3.63, 3.8) is 0 Å². The Hall–Kier alpha value is -2.77. The first-order chi connectivity index (χ1) is 14.2. The van der Waals surface area contributed by atoms with Crippen LogP contribution in [0.25, 0.3) is 0 Å². The Morgan fingerprint density at radius 3 is 2.33 bits per heavy atom. The predicted molar refractivity (Wildman–Crippen MR) is 111 cm³/mol. The summed E-state index contributed by atoms with van der Waals surface area (Å²) in [7, 11) is 0. The Kier molecular flexibility index (Phi) is 8.95. The number of rotatable bonds is 7. The SMILES string of the molecule is CC(C)(C)OC(=O)NC[C@@H](NC(=O)OCc1ccccc1)C(=O)OC1CCCCC1. The molecule has 1 aliphatic carbocycles. The molecule has 2 rings (SSSR count). The zero-order chi connectivity index (χ0) is 22.0. The maximum absolute atomic E-state index is 12.6. The summed E-state index contributed by atoms with van der Waals surface area (Å²) < 4.78 is 15.9. The lowest BCUT2D eigenvalue weighted by atomic mass is 9.98. The number of carbonyl (C=O) groups is 3. The van der Waals surface area contributed by atoms with Crippen molar-refractivity contribution in [3.8, 4) is 0 Å². The van der Waals surface area contributed by atoms with Crippen LogP contribution in [0.5, 0.6) is 0 Å². The highest BCUT2D eigenvalue weighted by Crippen LogP contribution is 2.20. The smallest absolute Gasteiger partial charge is 0.408 e. The maximum Gasteiger partial charge on any atom is 0.408 e. The van der Waals surface area contributed by atoms with Crippen molar-refractivity contribution >= 4 is 18.2 Å². The molecule has 2 amide bonds. The van der Waals surface area contributed by atoms with Gasteiger partial charge in [-0.2, -0.15) is 0 Å². The maximum atomic E-state index is 12.6. The normalized spacial score (nSPS) is 15.6. The van der Waals surface area contributed by atoms with Crippen LogP contribution in [0.4, 0.5) is 9.59 Å². The second-order valence-corrected chi connectivity index (χ2v) is 8.34. The van der Waals surface area contributed by atoms with Crippen LogP contribution >= 0.6 is 0 Å². The van der Waals surface area contributed by atoms with Crippen molar-refractivity contribution in [1.82, 2.24) is 10.6 Å². The van der Waals surface area contributed by atoms with E-state index >= 15 is 0 Å². The van der Waals surface area contributed by atoms with Gasteiger partial charge in [-0.3, -0.25) is 0 Å². The molecule has 1 fully saturated rings. The minimum absolute atomic E-state index is 0.0660. The fourth-order valence-electron chi connectivity index (χ4n) is 3.03. The molecule has 1 aromatic rings. The molecule has 1 atom stereocenters. The van der Waals surface area contributed by atoms with Crippen molar-refractivity contribution in [2.75, 3.05) is 6.54 Å². The Bertz CT molecular complexity index is 695. The van der Waals surface area contributed by atoms with E-state index in [1.54, 1.807) is 20.8 Å². The highest BCUT2D eigenvalue weighted by atomic mass is 16.6. The molecular weight excluding hydrogens is 388 g/mol. The summed E-state index contributed by atoms with van der Waals surface area (Å²) >= 11 is 0. The number of amides is 2. The van der Waals surface area contributed by atoms with E-state index in [0.717, 1.165) is 37.7 Å². The van der Waals surface area contributed by atoms with E-state index in [4.69, 9.17) is 14.2 Å². The van der Waals surface area contributed by atoms with Crippen LogP contribution in [0.15, 0.2) is 30.3 Å². The third kappa shape index (κ3) is 9.15. The molecule has 0 saturated heterocycles. The van der Waals surface area contributed by atoms with Gasteiger partial charge in [0.1, 0.15) is 24.4 Å². The van der Waals surface area contributed by atoms with Crippen molar-refractivity contribution in [2.24, 2.45) is 0 Å². The van der Waals surface area contributed by atoms with Crippen LogP contribution in [0.3, 0.4) is 0 Å². The lowest BCUT2D eigenvalue weighted by molar-refractivity contribution is -0.152. The number of benzene rings is 1. The molecule has 1 aliphatic rings. The van der Waals surface area contributed by atoms with E-state index in [1.165, 1.54) is 0 Å². The van der Waals surface area contributed by atoms with Gasteiger partial charge < -0.3 is 24.8 Å². The highest BCUT2D eigenvalue weighted by Gasteiger charge is 2.28. The summed E-state index contributed by atoms with van der Waals surface area (Å²) in [5, 5.41) is 4.99. The van der Waals surface area contributed by atoms with E-state index in [2.05, 4.69) is 10.6 Å². The third-order valence-electron chi connectivity index (χ3n) is 4.47. The first-order valence-electron chi connectivity index (χ1n) is 10.4. The minimum atomic E-state index is -1.08. The Balaban J connectivity index is 1.91. The molecule has 0 heterocycles. The van der Waals surface area contributed by atoms with Crippen molar-refractivity contribution in [3.05, 3.63) is 35.9 Å². The molecule has 0 radical (unpaired) electrons. The molecule has 8 nitrogen and oxygen atoms in total. The fraction of sp³-hybridized carbons (Fsp3) is 0.591. The van der Waals surface area contributed by atoms with Gasteiger partial charge in [-0.1, -0.05) is 36.8 Å². The van der Waals surface area contributed by atoms with E-state index in [0.29, 0.717) is 0 Å². The van der Waals surface area contributed by atoms with Gasteiger partial charge in [0, 0.05) is 0 Å². The molecule has 0 aliphatic heterocycles. The lowest BCUT2D eigenvalue weighted by Crippen LogP contribution is -2.50. The van der Waals surface area contributed by atoms with E-state index in [1.807, 2.05) is 30.3 Å². The Labute approximate surface area is 177 Å². The van der Waals surface area contributed by atoms with Crippen LogP contribution in [0.2, 0.25) is 0 Å².